The van der Waals surface area contributed by atoms with E-state index in [4.69, 9.17) is 23.2 Å². The summed E-state index contributed by atoms with van der Waals surface area (Å²) in [5.41, 5.74) is 3.56. The Morgan fingerprint density at radius 2 is 1.79 bits per heavy atom. The molecule has 2 rings (SSSR count). The third-order valence-electron chi connectivity index (χ3n) is 3.14. The molecular weight excluding hydrogens is 277 g/mol. The van der Waals surface area contributed by atoms with Gasteiger partial charge in [0.1, 0.15) is 0 Å². The van der Waals surface area contributed by atoms with Crippen LogP contribution >= 0.6 is 23.2 Å². The van der Waals surface area contributed by atoms with Crippen LogP contribution in [0.15, 0.2) is 42.5 Å². The third kappa shape index (κ3) is 3.50. The lowest BCUT2D eigenvalue weighted by molar-refractivity contribution is 0.628. The van der Waals surface area contributed by atoms with Crippen molar-refractivity contribution in [2.45, 2.75) is 19.9 Å². The van der Waals surface area contributed by atoms with Gasteiger partial charge in [0.2, 0.25) is 0 Å². The molecule has 2 aromatic rings. The smallest absolute Gasteiger partial charge is 0.0580 e. The highest BCUT2D eigenvalue weighted by Crippen LogP contribution is 2.28. The van der Waals surface area contributed by atoms with E-state index in [-0.39, 0.29) is 6.04 Å². The average Bonchev–Trinajstić information content (AvgIpc) is 2.39. The van der Waals surface area contributed by atoms with Crippen molar-refractivity contribution in [3.8, 4) is 0 Å². The molecule has 2 aromatic carbocycles. The van der Waals surface area contributed by atoms with E-state index in [9.17, 15) is 0 Å². The Morgan fingerprint density at radius 1 is 1.05 bits per heavy atom. The molecule has 0 amide bonds. The van der Waals surface area contributed by atoms with E-state index in [0.29, 0.717) is 0 Å². The SMILES string of the molecule is CCNC(c1cccc(Cl)c1)c1cc(Cl)ccc1C. The van der Waals surface area contributed by atoms with Crippen LogP contribution in [-0.2, 0) is 0 Å². The number of benzene rings is 2. The zero-order valence-electron chi connectivity index (χ0n) is 11.1. The minimum Gasteiger partial charge on any atom is -0.307 e. The Kier molecular flexibility index (Phi) is 4.87. The highest BCUT2D eigenvalue weighted by molar-refractivity contribution is 6.31. The predicted molar refractivity (Wildman–Crippen MR) is 83.2 cm³/mol. The first-order chi connectivity index (χ1) is 9.11. The first-order valence-corrected chi connectivity index (χ1v) is 7.12. The van der Waals surface area contributed by atoms with Crippen molar-refractivity contribution in [1.82, 2.24) is 5.32 Å². The quantitative estimate of drug-likeness (QED) is 0.836. The van der Waals surface area contributed by atoms with E-state index >= 15 is 0 Å². The molecule has 0 aromatic heterocycles. The van der Waals surface area contributed by atoms with Crippen LogP contribution < -0.4 is 5.32 Å². The Bertz CT molecular complexity index is 566. The molecule has 1 atom stereocenters. The fraction of sp³-hybridized carbons (Fsp3) is 0.250. The van der Waals surface area contributed by atoms with Gasteiger partial charge in [0.05, 0.1) is 6.04 Å². The maximum Gasteiger partial charge on any atom is 0.0580 e. The molecule has 100 valence electrons. The summed E-state index contributed by atoms with van der Waals surface area (Å²) < 4.78 is 0. The summed E-state index contributed by atoms with van der Waals surface area (Å²) in [6, 6.07) is 14.0. The molecule has 0 aliphatic rings. The Morgan fingerprint density at radius 3 is 2.47 bits per heavy atom. The minimum absolute atomic E-state index is 0.113. The van der Waals surface area contributed by atoms with Crippen molar-refractivity contribution in [2.75, 3.05) is 6.54 Å². The standard InChI is InChI=1S/C16H17Cl2N/c1-3-19-16(12-5-4-6-13(17)9-12)15-10-14(18)8-7-11(15)2/h4-10,16,19H,3H2,1-2H3. The molecule has 1 unspecified atom stereocenters. The van der Waals surface area contributed by atoms with Gasteiger partial charge in [-0.1, -0.05) is 48.3 Å². The van der Waals surface area contributed by atoms with Crippen molar-refractivity contribution in [2.24, 2.45) is 0 Å². The number of rotatable bonds is 4. The molecule has 0 aliphatic heterocycles. The summed E-state index contributed by atoms with van der Waals surface area (Å²) in [5.74, 6) is 0. The number of halogens is 2. The first kappa shape index (κ1) is 14.4. The third-order valence-corrected chi connectivity index (χ3v) is 3.61. The van der Waals surface area contributed by atoms with Gasteiger partial charge >= 0.3 is 0 Å². The molecule has 0 bridgehead atoms. The number of hydrogen-bond donors (Lipinski definition) is 1. The lowest BCUT2D eigenvalue weighted by Crippen LogP contribution is -2.22. The van der Waals surface area contributed by atoms with Gasteiger partial charge in [0.25, 0.3) is 0 Å². The fourth-order valence-electron chi connectivity index (χ4n) is 2.22. The molecule has 1 N–H and O–H groups in total. The van der Waals surface area contributed by atoms with Gasteiger partial charge in [-0.25, -0.2) is 0 Å². The Labute approximate surface area is 124 Å². The number of aryl methyl sites for hydroxylation is 1. The second-order valence-electron chi connectivity index (χ2n) is 4.55. The molecule has 19 heavy (non-hydrogen) atoms. The highest BCUT2D eigenvalue weighted by atomic mass is 35.5. The van der Waals surface area contributed by atoms with E-state index in [1.165, 1.54) is 11.1 Å². The van der Waals surface area contributed by atoms with Gasteiger partial charge in [-0.05, 0) is 54.4 Å². The van der Waals surface area contributed by atoms with E-state index in [1.54, 1.807) is 0 Å². The van der Waals surface area contributed by atoms with Crippen LogP contribution in [0.5, 0.6) is 0 Å². The summed E-state index contributed by atoms with van der Waals surface area (Å²) in [5, 5.41) is 5.00. The zero-order valence-corrected chi connectivity index (χ0v) is 12.6. The van der Waals surface area contributed by atoms with Gasteiger partial charge in [-0.15, -0.1) is 0 Å². The monoisotopic (exact) mass is 293 g/mol. The molecule has 0 fully saturated rings. The second-order valence-corrected chi connectivity index (χ2v) is 5.42. The van der Waals surface area contributed by atoms with Crippen LogP contribution in [0.4, 0.5) is 0 Å². The largest absolute Gasteiger partial charge is 0.307 e. The average molecular weight is 294 g/mol. The maximum absolute atomic E-state index is 6.13. The van der Waals surface area contributed by atoms with Gasteiger partial charge in [-0.3, -0.25) is 0 Å². The second kappa shape index (κ2) is 6.42. The van der Waals surface area contributed by atoms with Crippen LogP contribution in [0.3, 0.4) is 0 Å². The van der Waals surface area contributed by atoms with Crippen molar-refractivity contribution >= 4 is 23.2 Å². The van der Waals surface area contributed by atoms with Crippen LogP contribution in [0.1, 0.15) is 29.7 Å². The minimum atomic E-state index is 0.113. The fourth-order valence-corrected chi connectivity index (χ4v) is 2.60. The summed E-state index contributed by atoms with van der Waals surface area (Å²) in [6.45, 7) is 5.07. The maximum atomic E-state index is 6.13. The van der Waals surface area contributed by atoms with Gasteiger partial charge in [0, 0.05) is 10.0 Å². The molecule has 0 spiro atoms. The summed E-state index contributed by atoms with van der Waals surface area (Å²) >= 11 is 12.2. The Hall–Kier alpha value is -1.02. The van der Waals surface area contributed by atoms with E-state index in [0.717, 1.165) is 22.2 Å². The van der Waals surface area contributed by atoms with Crippen LogP contribution in [0.25, 0.3) is 0 Å². The first-order valence-electron chi connectivity index (χ1n) is 6.36. The van der Waals surface area contributed by atoms with Crippen molar-refractivity contribution in [3.63, 3.8) is 0 Å². The molecule has 0 saturated carbocycles. The van der Waals surface area contributed by atoms with Gasteiger partial charge in [-0.2, -0.15) is 0 Å². The van der Waals surface area contributed by atoms with Crippen LogP contribution in [-0.4, -0.2) is 6.54 Å². The topological polar surface area (TPSA) is 12.0 Å². The Balaban J connectivity index is 2.48. The molecule has 1 nitrogen and oxygen atoms in total. The highest BCUT2D eigenvalue weighted by Gasteiger charge is 2.15. The van der Waals surface area contributed by atoms with Crippen molar-refractivity contribution in [3.05, 3.63) is 69.2 Å². The molecule has 0 heterocycles. The van der Waals surface area contributed by atoms with Crippen LogP contribution in [0.2, 0.25) is 10.0 Å². The van der Waals surface area contributed by atoms with Crippen molar-refractivity contribution < 1.29 is 0 Å². The molecular formula is C16H17Cl2N. The predicted octanol–water partition coefficient (Wildman–Crippen LogP) is 5.00. The summed E-state index contributed by atoms with van der Waals surface area (Å²) in [7, 11) is 0. The number of nitrogens with one attached hydrogen (secondary N) is 1. The van der Waals surface area contributed by atoms with Crippen molar-refractivity contribution in [1.29, 1.82) is 0 Å². The van der Waals surface area contributed by atoms with Crippen LogP contribution in [0, 0.1) is 6.92 Å². The summed E-state index contributed by atoms with van der Waals surface area (Å²) in [6.07, 6.45) is 0. The molecule has 0 radical (unpaired) electrons. The summed E-state index contributed by atoms with van der Waals surface area (Å²) in [4.78, 5) is 0. The lowest BCUT2D eigenvalue weighted by Gasteiger charge is -2.21. The number of hydrogen-bond acceptors (Lipinski definition) is 1. The van der Waals surface area contributed by atoms with E-state index < -0.39 is 0 Å². The molecule has 0 aliphatic carbocycles. The van der Waals surface area contributed by atoms with Gasteiger partial charge in [0.15, 0.2) is 0 Å². The zero-order chi connectivity index (χ0) is 13.8. The van der Waals surface area contributed by atoms with E-state index in [2.05, 4.69) is 25.2 Å². The lowest BCUT2D eigenvalue weighted by atomic mass is 9.95. The van der Waals surface area contributed by atoms with Gasteiger partial charge < -0.3 is 5.32 Å². The normalized spacial score (nSPS) is 12.4. The van der Waals surface area contributed by atoms with E-state index in [1.807, 2.05) is 36.4 Å². The molecule has 0 saturated heterocycles. The molecule has 3 heteroatoms.